The molecule has 0 amide bonds. The SMILES string of the molecule is FC(F)(F)c1nn(-c2cccc(Br)c2)c2c1CCCN2. The number of hydrogen-bond acceptors (Lipinski definition) is 2. The monoisotopic (exact) mass is 345 g/mol. The molecule has 1 aromatic carbocycles. The topological polar surface area (TPSA) is 29.9 Å². The van der Waals surface area contributed by atoms with Gasteiger partial charge >= 0.3 is 6.18 Å². The molecular formula is C13H11BrF3N3. The van der Waals surface area contributed by atoms with Crippen LogP contribution in [0.3, 0.4) is 0 Å². The maximum atomic E-state index is 13.1. The second-order valence-corrected chi connectivity index (χ2v) is 5.51. The maximum Gasteiger partial charge on any atom is 0.435 e. The lowest BCUT2D eigenvalue weighted by Crippen LogP contribution is -2.15. The Morgan fingerprint density at radius 3 is 2.80 bits per heavy atom. The number of hydrogen-bond donors (Lipinski definition) is 1. The van der Waals surface area contributed by atoms with E-state index < -0.39 is 11.9 Å². The summed E-state index contributed by atoms with van der Waals surface area (Å²) in [7, 11) is 0. The van der Waals surface area contributed by atoms with Crippen molar-refractivity contribution in [3.8, 4) is 5.69 Å². The van der Waals surface area contributed by atoms with E-state index in [1.807, 2.05) is 6.07 Å². The second kappa shape index (κ2) is 4.80. The standard InChI is InChI=1S/C13H11BrF3N3/c14-8-3-1-4-9(7-8)20-12-10(5-2-6-18-12)11(19-20)13(15,16)17/h1,3-4,7,18H,2,5-6H2. The number of rotatable bonds is 1. The van der Waals surface area contributed by atoms with Gasteiger partial charge in [0.1, 0.15) is 5.82 Å². The Hall–Kier alpha value is -1.50. The predicted molar refractivity (Wildman–Crippen MR) is 73.1 cm³/mol. The Balaban J connectivity index is 2.19. The molecule has 20 heavy (non-hydrogen) atoms. The van der Waals surface area contributed by atoms with Crippen molar-refractivity contribution in [2.45, 2.75) is 19.0 Å². The van der Waals surface area contributed by atoms with Crippen LogP contribution in [0.15, 0.2) is 28.7 Å². The van der Waals surface area contributed by atoms with Crippen LogP contribution in [0.5, 0.6) is 0 Å². The molecule has 0 spiro atoms. The lowest BCUT2D eigenvalue weighted by atomic mass is 10.1. The molecule has 1 aliphatic heterocycles. The lowest BCUT2D eigenvalue weighted by molar-refractivity contribution is -0.142. The summed E-state index contributed by atoms with van der Waals surface area (Å²) in [5, 5.41) is 6.81. The minimum Gasteiger partial charge on any atom is -0.370 e. The second-order valence-electron chi connectivity index (χ2n) is 4.60. The summed E-state index contributed by atoms with van der Waals surface area (Å²) in [5.74, 6) is 0.446. The average Bonchev–Trinajstić information content (AvgIpc) is 2.78. The first kappa shape index (κ1) is 13.5. The van der Waals surface area contributed by atoms with Gasteiger partial charge in [0.05, 0.1) is 5.69 Å². The van der Waals surface area contributed by atoms with Crippen molar-refractivity contribution in [3.63, 3.8) is 0 Å². The third-order valence-electron chi connectivity index (χ3n) is 3.20. The fourth-order valence-corrected chi connectivity index (χ4v) is 2.75. The molecule has 2 heterocycles. The molecule has 0 radical (unpaired) electrons. The normalized spacial score (nSPS) is 14.8. The zero-order chi connectivity index (χ0) is 14.3. The molecule has 0 bridgehead atoms. The van der Waals surface area contributed by atoms with Gasteiger partial charge in [0.2, 0.25) is 0 Å². The van der Waals surface area contributed by atoms with E-state index in [1.54, 1.807) is 18.2 Å². The third kappa shape index (κ3) is 2.30. The number of aromatic nitrogens is 2. The molecule has 0 saturated heterocycles. The van der Waals surface area contributed by atoms with Gasteiger partial charge in [-0.1, -0.05) is 22.0 Å². The van der Waals surface area contributed by atoms with E-state index in [1.165, 1.54) is 4.68 Å². The van der Waals surface area contributed by atoms with E-state index in [4.69, 9.17) is 0 Å². The zero-order valence-corrected chi connectivity index (χ0v) is 11.9. The molecule has 0 unspecified atom stereocenters. The quantitative estimate of drug-likeness (QED) is 0.846. The number of nitrogens with zero attached hydrogens (tertiary/aromatic N) is 2. The first-order valence-electron chi connectivity index (χ1n) is 6.16. The van der Waals surface area contributed by atoms with Gasteiger partial charge in [-0.25, -0.2) is 4.68 Å². The molecule has 1 N–H and O–H groups in total. The molecule has 0 atom stereocenters. The Labute approximate surface area is 121 Å². The highest BCUT2D eigenvalue weighted by atomic mass is 79.9. The van der Waals surface area contributed by atoms with Gasteiger partial charge in [-0.05, 0) is 31.0 Å². The van der Waals surface area contributed by atoms with Crippen molar-refractivity contribution in [2.75, 3.05) is 11.9 Å². The smallest absolute Gasteiger partial charge is 0.370 e. The highest BCUT2D eigenvalue weighted by molar-refractivity contribution is 9.10. The molecule has 7 heteroatoms. The number of alkyl halides is 3. The first-order valence-corrected chi connectivity index (χ1v) is 6.95. The highest BCUT2D eigenvalue weighted by Crippen LogP contribution is 2.38. The van der Waals surface area contributed by atoms with Gasteiger partial charge < -0.3 is 5.32 Å². The Morgan fingerprint density at radius 1 is 1.30 bits per heavy atom. The van der Waals surface area contributed by atoms with Crippen molar-refractivity contribution in [1.82, 2.24) is 9.78 Å². The minimum atomic E-state index is -4.43. The van der Waals surface area contributed by atoms with Crippen molar-refractivity contribution in [1.29, 1.82) is 0 Å². The van der Waals surface area contributed by atoms with Crippen molar-refractivity contribution in [2.24, 2.45) is 0 Å². The number of halogens is 4. The fraction of sp³-hybridized carbons (Fsp3) is 0.308. The number of fused-ring (bicyclic) bond motifs is 1. The van der Waals surface area contributed by atoms with Crippen molar-refractivity contribution >= 4 is 21.7 Å². The molecule has 0 saturated carbocycles. The van der Waals surface area contributed by atoms with Gasteiger partial charge in [-0.15, -0.1) is 0 Å². The molecule has 0 aliphatic carbocycles. The van der Waals surface area contributed by atoms with E-state index in [0.717, 1.165) is 4.47 Å². The molecule has 0 fully saturated rings. The molecule has 1 aromatic heterocycles. The zero-order valence-electron chi connectivity index (χ0n) is 10.3. The summed E-state index contributed by atoms with van der Waals surface area (Å²) in [4.78, 5) is 0. The van der Waals surface area contributed by atoms with Crippen LogP contribution < -0.4 is 5.32 Å². The third-order valence-corrected chi connectivity index (χ3v) is 3.69. The number of benzene rings is 1. The highest BCUT2D eigenvalue weighted by Gasteiger charge is 2.39. The summed E-state index contributed by atoms with van der Waals surface area (Å²) in [6.07, 6.45) is -3.36. The average molecular weight is 346 g/mol. The van der Waals surface area contributed by atoms with Gasteiger partial charge in [-0.3, -0.25) is 0 Å². The fourth-order valence-electron chi connectivity index (χ4n) is 2.36. The van der Waals surface area contributed by atoms with Crippen molar-refractivity contribution in [3.05, 3.63) is 40.0 Å². The molecule has 3 nitrogen and oxygen atoms in total. The molecule has 3 rings (SSSR count). The van der Waals surface area contributed by atoms with Crippen LogP contribution in [0.1, 0.15) is 17.7 Å². The van der Waals surface area contributed by atoms with Crippen LogP contribution in [-0.4, -0.2) is 16.3 Å². The van der Waals surface area contributed by atoms with Crippen LogP contribution in [0.2, 0.25) is 0 Å². The van der Waals surface area contributed by atoms with Crippen LogP contribution in [0.25, 0.3) is 5.69 Å². The van der Waals surface area contributed by atoms with E-state index in [0.29, 0.717) is 30.9 Å². The van der Waals surface area contributed by atoms with Gasteiger partial charge in [0.15, 0.2) is 5.69 Å². The molecule has 1 aliphatic rings. The van der Waals surface area contributed by atoms with Crippen LogP contribution in [0.4, 0.5) is 19.0 Å². The molecule has 2 aromatic rings. The molecule has 106 valence electrons. The summed E-state index contributed by atoms with van der Waals surface area (Å²) in [5.41, 5.74) is 0.0592. The van der Waals surface area contributed by atoms with E-state index in [9.17, 15) is 13.2 Å². The molecular weight excluding hydrogens is 335 g/mol. The van der Waals surface area contributed by atoms with E-state index in [-0.39, 0.29) is 5.56 Å². The summed E-state index contributed by atoms with van der Waals surface area (Å²) in [6.45, 7) is 0.657. The van der Waals surface area contributed by atoms with Crippen molar-refractivity contribution < 1.29 is 13.2 Å². The lowest BCUT2D eigenvalue weighted by Gasteiger charge is -2.17. The minimum absolute atomic E-state index is 0.253. The largest absolute Gasteiger partial charge is 0.435 e. The predicted octanol–water partition coefficient (Wildman–Crippen LogP) is 4.01. The van der Waals surface area contributed by atoms with Gasteiger partial charge in [-0.2, -0.15) is 18.3 Å². The van der Waals surface area contributed by atoms with Crippen LogP contribution >= 0.6 is 15.9 Å². The Morgan fingerprint density at radius 2 is 2.10 bits per heavy atom. The number of nitrogens with one attached hydrogen (secondary N) is 1. The summed E-state index contributed by atoms with van der Waals surface area (Å²) < 4.78 is 41.3. The van der Waals surface area contributed by atoms with Crippen LogP contribution in [0, 0.1) is 0 Å². The maximum absolute atomic E-state index is 13.1. The van der Waals surface area contributed by atoms with E-state index >= 15 is 0 Å². The number of anilines is 1. The van der Waals surface area contributed by atoms with Crippen LogP contribution in [-0.2, 0) is 12.6 Å². The van der Waals surface area contributed by atoms with E-state index in [2.05, 4.69) is 26.3 Å². The Kier molecular flexibility index (Phi) is 3.24. The van der Waals surface area contributed by atoms with Gasteiger partial charge in [0.25, 0.3) is 0 Å². The first-order chi connectivity index (χ1) is 9.47. The van der Waals surface area contributed by atoms with Gasteiger partial charge in [0, 0.05) is 16.6 Å². The summed E-state index contributed by atoms with van der Waals surface area (Å²) >= 11 is 3.32. The summed E-state index contributed by atoms with van der Waals surface area (Å²) in [6, 6.07) is 7.05. The Bertz CT molecular complexity index is 649.